The molecule has 1 aliphatic rings. The lowest BCUT2D eigenvalue weighted by atomic mass is 10.1. The number of nitrogens with two attached hydrogens (primary N) is 1. The molecule has 2 atom stereocenters. The summed E-state index contributed by atoms with van der Waals surface area (Å²) in [5.41, 5.74) is 6.71. The van der Waals surface area contributed by atoms with Crippen LogP contribution >= 0.6 is 0 Å². The highest BCUT2D eigenvalue weighted by Gasteiger charge is 2.35. The van der Waals surface area contributed by atoms with Crippen molar-refractivity contribution < 1.29 is 4.79 Å². The van der Waals surface area contributed by atoms with Gasteiger partial charge in [-0.3, -0.25) is 14.7 Å². The monoisotopic (exact) mass is 248 g/mol. The second-order valence-electron chi connectivity index (χ2n) is 4.80. The van der Waals surface area contributed by atoms with Crippen molar-refractivity contribution in [2.45, 2.75) is 25.6 Å². The van der Waals surface area contributed by atoms with Gasteiger partial charge in [-0.1, -0.05) is 6.07 Å². The van der Waals surface area contributed by atoms with Crippen molar-refractivity contribution in [3.63, 3.8) is 0 Å². The number of aromatic nitrogens is 1. The molecule has 1 aliphatic heterocycles. The van der Waals surface area contributed by atoms with E-state index in [1.54, 1.807) is 11.1 Å². The smallest absolute Gasteiger partial charge is 0.241 e. The average molecular weight is 248 g/mol. The van der Waals surface area contributed by atoms with Crippen molar-refractivity contribution in [1.82, 2.24) is 14.8 Å². The Morgan fingerprint density at radius 1 is 1.50 bits per heavy atom. The third-order valence-corrected chi connectivity index (χ3v) is 3.55. The van der Waals surface area contributed by atoms with Gasteiger partial charge in [-0.15, -0.1) is 0 Å². The summed E-state index contributed by atoms with van der Waals surface area (Å²) in [5, 5.41) is 0. The zero-order valence-electron chi connectivity index (χ0n) is 10.9. The molecule has 0 aliphatic carbocycles. The summed E-state index contributed by atoms with van der Waals surface area (Å²) >= 11 is 0. The van der Waals surface area contributed by atoms with Gasteiger partial charge in [-0.05, 0) is 19.1 Å². The van der Waals surface area contributed by atoms with E-state index in [-0.39, 0.29) is 18.0 Å². The van der Waals surface area contributed by atoms with Crippen LogP contribution in [-0.4, -0.2) is 52.9 Å². The summed E-state index contributed by atoms with van der Waals surface area (Å²) in [7, 11) is 1.84. The summed E-state index contributed by atoms with van der Waals surface area (Å²) in [6.45, 7) is 3.91. The molecule has 98 valence electrons. The van der Waals surface area contributed by atoms with E-state index in [0.29, 0.717) is 13.1 Å². The first-order valence-corrected chi connectivity index (χ1v) is 6.24. The minimum absolute atomic E-state index is 0.104. The number of amides is 1. The van der Waals surface area contributed by atoms with Crippen LogP contribution in [0.25, 0.3) is 0 Å². The quantitative estimate of drug-likeness (QED) is 0.822. The Kier molecular flexibility index (Phi) is 3.93. The van der Waals surface area contributed by atoms with Crippen molar-refractivity contribution in [3.05, 3.63) is 30.1 Å². The molecule has 1 saturated heterocycles. The molecular weight excluding hydrogens is 228 g/mol. The fourth-order valence-corrected chi connectivity index (χ4v) is 2.32. The zero-order valence-corrected chi connectivity index (χ0v) is 10.9. The number of pyridine rings is 1. The van der Waals surface area contributed by atoms with E-state index in [9.17, 15) is 4.79 Å². The minimum Gasteiger partial charge on any atom is -0.340 e. The van der Waals surface area contributed by atoms with Crippen LogP contribution in [0.3, 0.4) is 0 Å². The molecule has 1 fully saturated rings. The summed E-state index contributed by atoms with van der Waals surface area (Å²) in [6, 6.07) is 5.81. The van der Waals surface area contributed by atoms with Gasteiger partial charge < -0.3 is 10.6 Å². The van der Waals surface area contributed by atoms with Gasteiger partial charge in [-0.25, -0.2) is 0 Å². The van der Waals surface area contributed by atoms with Crippen molar-refractivity contribution in [1.29, 1.82) is 0 Å². The van der Waals surface area contributed by atoms with Crippen LogP contribution in [0.15, 0.2) is 24.4 Å². The molecule has 1 amide bonds. The van der Waals surface area contributed by atoms with Crippen molar-refractivity contribution >= 4 is 5.91 Å². The van der Waals surface area contributed by atoms with Gasteiger partial charge in [0.15, 0.2) is 0 Å². The first-order chi connectivity index (χ1) is 8.63. The van der Waals surface area contributed by atoms with Crippen LogP contribution in [0.2, 0.25) is 0 Å². The minimum atomic E-state index is -0.229. The highest BCUT2D eigenvalue weighted by atomic mass is 16.2. The summed E-state index contributed by atoms with van der Waals surface area (Å²) in [5.74, 6) is 0.104. The first-order valence-electron chi connectivity index (χ1n) is 6.24. The fraction of sp³-hybridized carbons (Fsp3) is 0.538. The fourth-order valence-electron chi connectivity index (χ4n) is 2.32. The first kappa shape index (κ1) is 13.0. The van der Waals surface area contributed by atoms with E-state index in [0.717, 1.165) is 12.2 Å². The topological polar surface area (TPSA) is 62.5 Å². The largest absolute Gasteiger partial charge is 0.340 e. The van der Waals surface area contributed by atoms with E-state index < -0.39 is 0 Å². The maximum atomic E-state index is 12.2. The molecule has 2 N–H and O–H groups in total. The van der Waals surface area contributed by atoms with Crippen LogP contribution in [-0.2, 0) is 11.3 Å². The van der Waals surface area contributed by atoms with E-state index in [1.165, 1.54) is 0 Å². The summed E-state index contributed by atoms with van der Waals surface area (Å²) in [4.78, 5) is 20.4. The second-order valence-corrected chi connectivity index (χ2v) is 4.80. The van der Waals surface area contributed by atoms with Crippen LogP contribution in [0.5, 0.6) is 0 Å². The maximum absolute atomic E-state index is 12.2. The lowest BCUT2D eigenvalue weighted by Crippen LogP contribution is -2.61. The Hall–Kier alpha value is -1.46. The predicted molar refractivity (Wildman–Crippen MR) is 69.7 cm³/mol. The molecule has 2 heterocycles. The normalized spacial score (nSPS) is 25.5. The number of piperazine rings is 1. The molecule has 0 radical (unpaired) electrons. The summed E-state index contributed by atoms with van der Waals surface area (Å²) < 4.78 is 0. The Morgan fingerprint density at radius 3 is 2.89 bits per heavy atom. The van der Waals surface area contributed by atoms with Crippen LogP contribution in [0, 0.1) is 0 Å². The molecule has 5 heteroatoms. The Balaban J connectivity index is 2.13. The van der Waals surface area contributed by atoms with Gasteiger partial charge in [-0.2, -0.15) is 0 Å². The summed E-state index contributed by atoms with van der Waals surface area (Å²) in [6.07, 6.45) is 1.77. The number of hydrogen-bond acceptors (Lipinski definition) is 4. The Morgan fingerprint density at radius 2 is 2.28 bits per heavy atom. The highest BCUT2D eigenvalue weighted by molar-refractivity contribution is 5.83. The molecule has 0 aromatic carbocycles. The second kappa shape index (κ2) is 5.46. The average Bonchev–Trinajstić information content (AvgIpc) is 2.38. The van der Waals surface area contributed by atoms with Gasteiger partial charge in [0.2, 0.25) is 5.91 Å². The number of carbonyl (C=O) groups excluding carboxylic acids is 1. The number of likely N-dealkylation sites (N-methyl/N-ethyl adjacent to an activating group) is 1. The van der Waals surface area contributed by atoms with Gasteiger partial charge >= 0.3 is 0 Å². The molecule has 18 heavy (non-hydrogen) atoms. The van der Waals surface area contributed by atoms with Crippen LogP contribution in [0.1, 0.15) is 12.6 Å². The van der Waals surface area contributed by atoms with Gasteiger partial charge in [0.05, 0.1) is 5.69 Å². The van der Waals surface area contributed by atoms with E-state index in [1.807, 2.05) is 25.2 Å². The van der Waals surface area contributed by atoms with Crippen LogP contribution in [0.4, 0.5) is 0 Å². The van der Waals surface area contributed by atoms with Gasteiger partial charge in [0.25, 0.3) is 0 Å². The molecular formula is C13H20N4O. The Labute approximate surface area is 108 Å². The molecule has 1 aromatic heterocycles. The highest BCUT2D eigenvalue weighted by Crippen LogP contribution is 2.16. The molecule has 0 bridgehead atoms. The number of carbonyl (C=O) groups is 1. The third-order valence-electron chi connectivity index (χ3n) is 3.55. The van der Waals surface area contributed by atoms with Crippen molar-refractivity contribution in [2.75, 3.05) is 20.1 Å². The van der Waals surface area contributed by atoms with Gasteiger partial charge in [0, 0.05) is 38.9 Å². The molecule has 0 spiro atoms. The molecule has 2 unspecified atom stereocenters. The number of nitrogens with zero attached hydrogens (tertiary/aromatic N) is 3. The maximum Gasteiger partial charge on any atom is 0.241 e. The molecule has 2 rings (SSSR count). The van der Waals surface area contributed by atoms with Crippen LogP contribution < -0.4 is 5.73 Å². The van der Waals surface area contributed by atoms with E-state index in [4.69, 9.17) is 5.73 Å². The van der Waals surface area contributed by atoms with E-state index >= 15 is 0 Å². The number of rotatable bonds is 3. The zero-order chi connectivity index (χ0) is 13.1. The third kappa shape index (κ3) is 2.52. The lowest BCUT2D eigenvalue weighted by Gasteiger charge is -2.42. The van der Waals surface area contributed by atoms with Gasteiger partial charge in [0.1, 0.15) is 6.04 Å². The molecule has 1 aromatic rings. The standard InChI is InChI=1S/C13H20N4O/c1-10-8-17(9-11-5-3-4-6-15-11)12(7-14)13(18)16(10)2/h3-6,10,12H,7-9,14H2,1-2H3. The van der Waals surface area contributed by atoms with E-state index in [2.05, 4.69) is 16.8 Å². The van der Waals surface area contributed by atoms with Crippen molar-refractivity contribution in [2.24, 2.45) is 5.73 Å². The molecule has 5 nitrogen and oxygen atoms in total. The molecule has 0 saturated carbocycles. The number of hydrogen-bond donors (Lipinski definition) is 1. The predicted octanol–water partition coefficient (Wildman–Crippen LogP) is 0.0714. The lowest BCUT2D eigenvalue weighted by molar-refractivity contribution is -0.143. The SMILES string of the molecule is CC1CN(Cc2ccccn2)C(CN)C(=O)N1C. The Bertz CT molecular complexity index is 409. The van der Waals surface area contributed by atoms with Crippen molar-refractivity contribution in [3.8, 4) is 0 Å².